The molecule has 21 heavy (non-hydrogen) atoms. The number of hydrogen-bond donors (Lipinski definition) is 1. The number of pyridine rings is 1. The van der Waals surface area contributed by atoms with Crippen LogP contribution in [-0.4, -0.2) is 41.5 Å². The molecule has 2 aliphatic heterocycles. The molecule has 0 aliphatic carbocycles. The molecule has 1 amide bonds. The summed E-state index contributed by atoms with van der Waals surface area (Å²) in [4.78, 5) is 19.6. The van der Waals surface area contributed by atoms with Crippen LogP contribution in [0.5, 0.6) is 0 Å². The molecule has 2 aromatic rings. The lowest BCUT2D eigenvalue weighted by Crippen LogP contribution is -2.39. The van der Waals surface area contributed by atoms with E-state index in [1.165, 1.54) is 0 Å². The van der Waals surface area contributed by atoms with Gasteiger partial charge in [0, 0.05) is 36.8 Å². The van der Waals surface area contributed by atoms with Crippen LogP contribution in [0.15, 0.2) is 30.3 Å². The number of likely N-dealkylation sites (tertiary alicyclic amines) is 1. The van der Waals surface area contributed by atoms with Crippen LogP contribution >= 0.6 is 0 Å². The molecular formula is C17H19N3O. The minimum Gasteiger partial charge on any atom is -0.334 e. The van der Waals surface area contributed by atoms with Crippen LogP contribution < -0.4 is 5.32 Å². The van der Waals surface area contributed by atoms with Crippen molar-refractivity contribution in [3.8, 4) is 0 Å². The topological polar surface area (TPSA) is 45.2 Å². The summed E-state index contributed by atoms with van der Waals surface area (Å²) in [6.45, 7) is 4.81. The average Bonchev–Trinajstić information content (AvgIpc) is 3.08. The molecule has 2 aliphatic rings. The Morgan fingerprint density at radius 2 is 2.19 bits per heavy atom. The normalized spacial score (nSPS) is 24.5. The van der Waals surface area contributed by atoms with E-state index >= 15 is 0 Å². The first-order valence-corrected chi connectivity index (χ1v) is 7.62. The van der Waals surface area contributed by atoms with E-state index in [1.54, 1.807) is 0 Å². The number of fused-ring (bicyclic) bond motifs is 2. The van der Waals surface area contributed by atoms with Gasteiger partial charge in [-0.25, -0.2) is 0 Å². The summed E-state index contributed by atoms with van der Waals surface area (Å²) in [5.74, 6) is 0.788. The SMILES string of the molecule is Cc1cc(C(=O)N2CC[C@H]3CNC[C@H]32)c2ccccc2n1. The molecule has 2 atom stereocenters. The standard InChI is InChI=1S/C17H19N3O/c1-11-8-14(13-4-2-3-5-15(13)19-11)17(21)20-7-6-12-9-18-10-16(12)20/h2-5,8,12,16,18H,6-7,9-10H2,1H3/t12-,16+/m0/s1. The molecule has 0 radical (unpaired) electrons. The second-order valence-electron chi connectivity index (χ2n) is 6.10. The molecule has 4 heteroatoms. The molecule has 2 saturated heterocycles. The fraction of sp³-hybridized carbons (Fsp3) is 0.412. The summed E-state index contributed by atoms with van der Waals surface area (Å²) in [6, 6.07) is 10.2. The van der Waals surface area contributed by atoms with E-state index in [-0.39, 0.29) is 5.91 Å². The van der Waals surface area contributed by atoms with Crippen LogP contribution in [0.1, 0.15) is 22.5 Å². The van der Waals surface area contributed by atoms with E-state index in [9.17, 15) is 4.79 Å². The van der Waals surface area contributed by atoms with Gasteiger partial charge in [-0.3, -0.25) is 9.78 Å². The van der Waals surface area contributed by atoms with E-state index < -0.39 is 0 Å². The summed E-state index contributed by atoms with van der Waals surface area (Å²) < 4.78 is 0. The van der Waals surface area contributed by atoms with Crippen LogP contribution in [0.2, 0.25) is 0 Å². The maximum atomic E-state index is 13.0. The smallest absolute Gasteiger partial charge is 0.254 e. The van der Waals surface area contributed by atoms with Gasteiger partial charge in [-0.15, -0.1) is 0 Å². The number of aromatic nitrogens is 1. The van der Waals surface area contributed by atoms with Crippen LogP contribution in [-0.2, 0) is 0 Å². The lowest BCUT2D eigenvalue weighted by atomic mass is 10.0. The molecule has 0 spiro atoms. The van der Waals surface area contributed by atoms with Crippen molar-refractivity contribution in [2.75, 3.05) is 19.6 Å². The Balaban J connectivity index is 1.77. The lowest BCUT2D eigenvalue weighted by Gasteiger charge is -2.24. The van der Waals surface area contributed by atoms with Gasteiger partial charge in [0.05, 0.1) is 11.1 Å². The number of nitrogens with one attached hydrogen (secondary N) is 1. The van der Waals surface area contributed by atoms with Crippen molar-refractivity contribution >= 4 is 16.8 Å². The minimum absolute atomic E-state index is 0.160. The number of hydrogen-bond acceptors (Lipinski definition) is 3. The zero-order valence-electron chi connectivity index (χ0n) is 12.2. The van der Waals surface area contributed by atoms with E-state index in [1.807, 2.05) is 37.3 Å². The number of carbonyl (C=O) groups is 1. The fourth-order valence-electron chi connectivity index (χ4n) is 3.74. The molecule has 108 valence electrons. The number of carbonyl (C=O) groups excluding carboxylic acids is 1. The van der Waals surface area contributed by atoms with Gasteiger partial charge < -0.3 is 10.2 Å². The predicted octanol–water partition coefficient (Wildman–Crippen LogP) is 1.98. The largest absolute Gasteiger partial charge is 0.334 e. The Morgan fingerprint density at radius 3 is 3.10 bits per heavy atom. The van der Waals surface area contributed by atoms with Gasteiger partial charge in [-0.1, -0.05) is 18.2 Å². The number of aryl methyl sites for hydroxylation is 1. The predicted molar refractivity (Wildman–Crippen MR) is 82.3 cm³/mol. The average molecular weight is 281 g/mol. The Bertz CT molecular complexity index is 712. The van der Waals surface area contributed by atoms with Crippen LogP contribution in [0.3, 0.4) is 0 Å². The monoisotopic (exact) mass is 281 g/mol. The molecule has 0 saturated carbocycles. The highest BCUT2D eigenvalue weighted by Gasteiger charge is 2.40. The maximum absolute atomic E-state index is 13.0. The third kappa shape index (κ3) is 2.02. The fourth-order valence-corrected chi connectivity index (χ4v) is 3.74. The van der Waals surface area contributed by atoms with Crippen molar-refractivity contribution in [1.82, 2.24) is 15.2 Å². The molecule has 2 fully saturated rings. The second-order valence-corrected chi connectivity index (χ2v) is 6.10. The summed E-state index contributed by atoms with van der Waals surface area (Å²) in [5, 5.41) is 4.36. The molecule has 1 aromatic heterocycles. The Labute approximate surface area is 124 Å². The van der Waals surface area contributed by atoms with E-state index in [0.29, 0.717) is 12.0 Å². The summed E-state index contributed by atoms with van der Waals surface area (Å²) in [6.07, 6.45) is 1.12. The minimum atomic E-state index is 0.160. The molecule has 4 rings (SSSR count). The van der Waals surface area contributed by atoms with Gasteiger partial charge in [-0.2, -0.15) is 0 Å². The highest BCUT2D eigenvalue weighted by atomic mass is 16.2. The van der Waals surface area contributed by atoms with Crippen LogP contribution in [0, 0.1) is 12.8 Å². The van der Waals surface area contributed by atoms with E-state index in [0.717, 1.165) is 48.2 Å². The molecule has 0 bridgehead atoms. The first-order valence-electron chi connectivity index (χ1n) is 7.62. The molecular weight excluding hydrogens is 262 g/mol. The van der Waals surface area contributed by atoms with Crippen molar-refractivity contribution in [3.05, 3.63) is 41.6 Å². The van der Waals surface area contributed by atoms with Crippen molar-refractivity contribution in [2.24, 2.45) is 5.92 Å². The number of benzene rings is 1. The van der Waals surface area contributed by atoms with Crippen LogP contribution in [0.4, 0.5) is 0 Å². The Kier molecular flexibility index (Phi) is 2.93. The Morgan fingerprint density at radius 1 is 1.33 bits per heavy atom. The number of para-hydroxylation sites is 1. The summed E-state index contributed by atoms with van der Waals surface area (Å²) in [7, 11) is 0. The van der Waals surface area contributed by atoms with Gasteiger partial charge >= 0.3 is 0 Å². The van der Waals surface area contributed by atoms with E-state index in [4.69, 9.17) is 0 Å². The van der Waals surface area contributed by atoms with E-state index in [2.05, 4.69) is 15.2 Å². The Hall–Kier alpha value is -1.94. The van der Waals surface area contributed by atoms with Crippen molar-refractivity contribution in [3.63, 3.8) is 0 Å². The van der Waals surface area contributed by atoms with Crippen LogP contribution in [0.25, 0.3) is 10.9 Å². The maximum Gasteiger partial charge on any atom is 0.254 e. The molecule has 0 unspecified atom stereocenters. The van der Waals surface area contributed by atoms with Gasteiger partial charge in [-0.05, 0) is 31.4 Å². The lowest BCUT2D eigenvalue weighted by molar-refractivity contribution is 0.0739. The first kappa shape index (κ1) is 12.8. The van der Waals surface area contributed by atoms with Gasteiger partial charge in [0.25, 0.3) is 5.91 Å². The summed E-state index contributed by atoms with van der Waals surface area (Å²) in [5.41, 5.74) is 2.60. The first-order chi connectivity index (χ1) is 10.2. The van der Waals surface area contributed by atoms with Crippen molar-refractivity contribution in [1.29, 1.82) is 0 Å². The zero-order valence-corrected chi connectivity index (χ0v) is 12.2. The van der Waals surface area contributed by atoms with Crippen molar-refractivity contribution in [2.45, 2.75) is 19.4 Å². The summed E-state index contributed by atoms with van der Waals surface area (Å²) >= 11 is 0. The molecule has 1 N–H and O–H groups in total. The van der Waals surface area contributed by atoms with Gasteiger partial charge in [0.2, 0.25) is 0 Å². The highest BCUT2D eigenvalue weighted by molar-refractivity contribution is 6.06. The second kappa shape index (κ2) is 4.81. The number of nitrogens with zero attached hydrogens (tertiary/aromatic N) is 2. The molecule has 3 heterocycles. The number of rotatable bonds is 1. The quantitative estimate of drug-likeness (QED) is 0.869. The van der Waals surface area contributed by atoms with Crippen molar-refractivity contribution < 1.29 is 4.79 Å². The third-order valence-electron chi connectivity index (χ3n) is 4.78. The van der Waals surface area contributed by atoms with Gasteiger partial charge in [0.1, 0.15) is 0 Å². The van der Waals surface area contributed by atoms with Gasteiger partial charge in [0.15, 0.2) is 0 Å². The number of amides is 1. The molecule has 1 aromatic carbocycles. The molecule has 4 nitrogen and oxygen atoms in total. The third-order valence-corrected chi connectivity index (χ3v) is 4.78. The highest BCUT2D eigenvalue weighted by Crippen LogP contribution is 2.30. The zero-order chi connectivity index (χ0) is 14.4.